The first-order chi connectivity index (χ1) is 8.20. The minimum atomic E-state index is -0.429. The summed E-state index contributed by atoms with van der Waals surface area (Å²) >= 11 is 5.77. The largest absolute Gasteiger partial charge is 0.466 e. The molecule has 0 unspecified atom stereocenters. The van der Waals surface area contributed by atoms with Gasteiger partial charge >= 0.3 is 6.01 Å². The molecule has 0 aliphatic rings. The number of aromatic nitrogens is 4. The zero-order chi connectivity index (χ0) is 12.3. The first kappa shape index (κ1) is 11.3. The van der Waals surface area contributed by atoms with Crippen LogP contribution in [0.5, 0.6) is 6.01 Å². The van der Waals surface area contributed by atoms with E-state index in [-0.39, 0.29) is 22.7 Å². The van der Waals surface area contributed by atoms with Crippen molar-refractivity contribution < 1.29 is 9.53 Å². The van der Waals surface area contributed by atoms with Crippen LogP contribution in [-0.2, 0) is 0 Å². The number of carbonyl (C=O) groups excluding carboxylic acids is 1. The number of aromatic amines is 1. The van der Waals surface area contributed by atoms with Gasteiger partial charge in [0.15, 0.2) is 0 Å². The lowest BCUT2D eigenvalue weighted by Crippen LogP contribution is -2.13. The second kappa shape index (κ2) is 4.79. The molecule has 0 aliphatic heterocycles. The van der Waals surface area contributed by atoms with Gasteiger partial charge in [0, 0.05) is 6.20 Å². The van der Waals surface area contributed by atoms with Gasteiger partial charge in [0.2, 0.25) is 5.95 Å². The summed E-state index contributed by atoms with van der Waals surface area (Å²) in [4.78, 5) is 19.4. The molecule has 17 heavy (non-hydrogen) atoms. The summed E-state index contributed by atoms with van der Waals surface area (Å²) in [5.74, 6) is -0.256. The number of ether oxygens (including phenoxy) is 1. The fourth-order valence-electron chi connectivity index (χ4n) is 1.12. The highest BCUT2D eigenvalue weighted by molar-refractivity contribution is 6.33. The van der Waals surface area contributed by atoms with E-state index < -0.39 is 5.91 Å². The number of nitrogens with one attached hydrogen (secondary N) is 2. The molecular weight excluding hydrogens is 246 g/mol. The monoisotopic (exact) mass is 253 g/mol. The SMILES string of the molecule is COc1n[nH]c(NC(=O)c2cccnc2Cl)n1. The Kier molecular flexibility index (Phi) is 3.20. The van der Waals surface area contributed by atoms with Gasteiger partial charge in [-0.3, -0.25) is 10.1 Å². The Morgan fingerprint density at radius 2 is 2.41 bits per heavy atom. The van der Waals surface area contributed by atoms with Crippen LogP contribution in [0.2, 0.25) is 5.15 Å². The van der Waals surface area contributed by atoms with Crippen LogP contribution in [0.3, 0.4) is 0 Å². The molecule has 0 fully saturated rings. The van der Waals surface area contributed by atoms with Gasteiger partial charge in [0.05, 0.1) is 12.7 Å². The van der Waals surface area contributed by atoms with E-state index in [0.29, 0.717) is 0 Å². The molecular formula is C9H8ClN5O2. The summed E-state index contributed by atoms with van der Waals surface area (Å²) in [6.45, 7) is 0. The minimum Gasteiger partial charge on any atom is -0.466 e. The molecule has 2 aromatic rings. The molecule has 8 heteroatoms. The molecule has 0 saturated carbocycles. The smallest absolute Gasteiger partial charge is 0.336 e. The lowest BCUT2D eigenvalue weighted by atomic mass is 10.3. The van der Waals surface area contributed by atoms with Crippen LogP contribution < -0.4 is 10.1 Å². The molecule has 2 heterocycles. The molecule has 0 aromatic carbocycles. The van der Waals surface area contributed by atoms with E-state index in [0.717, 1.165) is 0 Å². The van der Waals surface area contributed by atoms with Crippen LogP contribution in [0.25, 0.3) is 0 Å². The minimum absolute atomic E-state index is 0.122. The van der Waals surface area contributed by atoms with E-state index in [1.54, 1.807) is 12.1 Å². The van der Waals surface area contributed by atoms with Gasteiger partial charge in [-0.05, 0) is 12.1 Å². The van der Waals surface area contributed by atoms with Crippen LogP contribution >= 0.6 is 11.6 Å². The van der Waals surface area contributed by atoms with E-state index in [2.05, 4.69) is 25.5 Å². The van der Waals surface area contributed by atoms with Crippen molar-refractivity contribution in [2.75, 3.05) is 12.4 Å². The average molecular weight is 254 g/mol. The Morgan fingerprint density at radius 3 is 3.06 bits per heavy atom. The summed E-state index contributed by atoms with van der Waals surface area (Å²) in [6.07, 6.45) is 1.50. The quantitative estimate of drug-likeness (QED) is 0.800. The predicted octanol–water partition coefficient (Wildman–Crippen LogP) is 1.11. The number of anilines is 1. The van der Waals surface area contributed by atoms with Gasteiger partial charge in [-0.25, -0.2) is 10.1 Å². The summed E-state index contributed by atoms with van der Waals surface area (Å²) in [5, 5.41) is 8.78. The van der Waals surface area contributed by atoms with Crippen molar-refractivity contribution in [3.05, 3.63) is 29.0 Å². The van der Waals surface area contributed by atoms with Crippen molar-refractivity contribution in [1.29, 1.82) is 0 Å². The van der Waals surface area contributed by atoms with Gasteiger partial charge in [0.25, 0.3) is 5.91 Å². The number of pyridine rings is 1. The number of hydrogen-bond acceptors (Lipinski definition) is 5. The van der Waals surface area contributed by atoms with Gasteiger partial charge in [-0.15, -0.1) is 5.10 Å². The normalized spacial score (nSPS) is 10.0. The Bertz CT molecular complexity index is 542. The van der Waals surface area contributed by atoms with Crippen molar-refractivity contribution in [2.45, 2.75) is 0 Å². The Balaban J connectivity index is 2.14. The van der Waals surface area contributed by atoms with Gasteiger partial charge in [0.1, 0.15) is 5.15 Å². The van der Waals surface area contributed by atoms with Gasteiger partial charge in [-0.1, -0.05) is 11.6 Å². The zero-order valence-electron chi connectivity index (χ0n) is 8.77. The second-order valence-corrected chi connectivity index (χ2v) is 3.32. The molecule has 0 radical (unpaired) electrons. The number of H-pyrrole nitrogens is 1. The summed E-state index contributed by atoms with van der Waals surface area (Å²) < 4.78 is 4.76. The van der Waals surface area contributed by atoms with Crippen molar-refractivity contribution in [2.24, 2.45) is 0 Å². The highest BCUT2D eigenvalue weighted by atomic mass is 35.5. The molecule has 0 bridgehead atoms. The molecule has 0 saturated heterocycles. The van der Waals surface area contributed by atoms with Crippen molar-refractivity contribution in [3.8, 4) is 6.01 Å². The van der Waals surface area contributed by atoms with E-state index >= 15 is 0 Å². The van der Waals surface area contributed by atoms with Crippen LogP contribution in [0.1, 0.15) is 10.4 Å². The molecule has 0 spiro atoms. The van der Waals surface area contributed by atoms with Gasteiger partial charge < -0.3 is 4.74 Å². The first-order valence-electron chi connectivity index (χ1n) is 4.59. The first-order valence-corrected chi connectivity index (χ1v) is 4.97. The van der Waals surface area contributed by atoms with Crippen LogP contribution in [-0.4, -0.2) is 33.2 Å². The average Bonchev–Trinajstić information content (AvgIpc) is 2.77. The predicted molar refractivity (Wildman–Crippen MR) is 60.1 cm³/mol. The van der Waals surface area contributed by atoms with E-state index in [1.807, 2.05) is 0 Å². The topological polar surface area (TPSA) is 92.8 Å². The zero-order valence-corrected chi connectivity index (χ0v) is 9.52. The third-order valence-electron chi connectivity index (χ3n) is 1.88. The standard InChI is InChI=1S/C9H8ClN5O2/c1-17-9-13-8(14-15-9)12-7(16)5-3-2-4-11-6(5)10/h2-4H,1H3,(H2,12,13,14,15,16). The third kappa shape index (κ3) is 2.51. The Morgan fingerprint density at radius 1 is 1.59 bits per heavy atom. The fourth-order valence-corrected chi connectivity index (χ4v) is 1.33. The molecule has 0 atom stereocenters. The summed E-state index contributed by atoms with van der Waals surface area (Å²) in [6, 6.07) is 3.30. The summed E-state index contributed by atoms with van der Waals surface area (Å²) in [5.41, 5.74) is 0.254. The highest BCUT2D eigenvalue weighted by Gasteiger charge is 2.13. The number of amides is 1. The Hall–Kier alpha value is -2.15. The number of nitrogens with zero attached hydrogens (tertiary/aromatic N) is 3. The van der Waals surface area contributed by atoms with Crippen molar-refractivity contribution >= 4 is 23.5 Å². The van der Waals surface area contributed by atoms with Crippen molar-refractivity contribution in [1.82, 2.24) is 20.2 Å². The molecule has 0 aliphatic carbocycles. The highest BCUT2D eigenvalue weighted by Crippen LogP contribution is 2.13. The van der Waals surface area contributed by atoms with Gasteiger partial charge in [-0.2, -0.15) is 4.98 Å². The maximum atomic E-state index is 11.8. The number of hydrogen-bond donors (Lipinski definition) is 2. The van der Waals surface area contributed by atoms with E-state index in [1.165, 1.54) is 13.3 Å². The molecule has 7 nitrogen and oxygen atoms in total. The maximum absolute atomic E-state index is 11.8. The van der Waals surface area contributed by atoms with Crippen LogP contribution in [0.15, 0.2) is 18.3 Å². The molecule has 88 valence electrons. The van der Waals surface area contributed by atoms with Crippen molar-refractivity contribution in [3.63, 3.8) is 0 Å². The maximum Gasteiger partial charge on any atom is 0.336 e. The number of rotatable bonds is 3. The molecule has 2 rings (SSSR count). The second-order valence-electron chi connectivity index (χ2n) is 2.97. The number of carbonyl (C=O) groups is 1. The number of methoxy groups -OCH3 is 1. The van der Waals surface area contributed by atoms with Crippen LogP contribution in [0, 0.1) is 0 Å². The molecule has 1 amide bonds. The Labute approximate surface area is 101 Å². The fraction of sp³-hybridized carbons (Fsp3) is 0.111. The third-order valence-corrected chi connectivity index (χ3v) is 2.18. The van der Waals surface area contributed by atoms with E-state index in [9.17, 15) is 4.79 Å². The van der Waals surface area contributed by atoms with E-state index in [4.69, 9.17) is 16.3 Å². The van der Waals surface area contributed by atoms with Crippen LogP contribution in [0.4, 0.5) is 5.95 Å². The molecule has 2 N–H and O–H groups in total. The molecule has 2 aromatic heterocycles. The summed E-state index contributed by atoms with van der Waals surface area (Å²) in [7, 11) is 1.42. The number of halogens is 1. The lowest BCUT2D eigenvalue weighted by molar-refractivity contribution is 0.102. The lowest BCUT2D eigenvalue weighted by Gasteiger charge is -2.01.